The first kappa shape index (κ1) is 27.6. The number of carbonyl (C=O) groups is 1. The number of ether oxygens (including phenoxy) is 1. The van der Waals surface area contributed by atoms with E-state index in [1.807, 2.05) is 54.6 Å². The molecule has 2 N–H and O–H groups in total. The zero-order valence-electron chi connectivity index (χ0n) is 19.9. The molecule has 1 aliphatic heterocycles. The molecular weight excluding hydrogens is 500 g/mol. The van der Waals surface area contributed by atoms with Crippen molar-refractivity contribution >= 4 is 28.5 Å². The fourth-order valence-corrected chi connectivity index (χ4v) is 4.61. The highest BCUT2D eigenvalue weighted by atomic mass is 35.5. The number of rotatable bonds is 10. The monoisotopic (exact) mass is 530 g/mol. The summed E-state index contributed by atoms with van der Waals surface area (Å²) in [6.07, 6.45) is 0. The van der Waals surface area contributed by atoms with Gasteiger partial charge in [-0.25, -0.2) is 0 Å². The molecule has 3 aromatic rings. The minimum atomic E-state index is -3.84. The lowest BCUT2D eigenvalue weighted by Crippen LogP contribution is -2.51. The summed E-state index contributed by atoms with van der Waals surface area (Å²) in [6, 6.07) is 26.8. The van der Waals surface area contributed by atoms with E-state index >= 15 is 0 Å². The molecule has 36 heavy (non-hydrogen) atoms. The van der Waals surface area contributed by atoms with E-state index in [4.69, 9.17) is 4.74 Å². The van der Waals surface area contributed by atoms with Crippen LogP contribution in [0.5, 0.6) is 11.5 Å². The number of halogens is 1. The van der Waals surface area contributed by atoms with Crippen molar-refractivity contribution in [2.24, 2.45) is 0 Å². The number of hydrogen-bond acceptors (Lipinski definition) is 5. The van der Waals surface area contributed by atoms with Crippen molar-refractivity contribution in [3.8, 4) is 11.5 Å². The van der Waals surface area contributed by atoms with Crippen LogP contribution in [0.1, 0.15) is 11.1 Å². The first-order valence-electron chi connectivity index (χ1n) is 11.6. The molecule has 0 aromatic heterocycles. The molecule has 10 heteroatoms. The molecule has 1 aliphatic rings. The molecule has 4 rings (SSSR count). The normalized spacial score (nSPS) is 14.2. The Bertz CT molecular complexity index is 1200. The fourth-order valence-electron chi connectivity index (χ4n) is 3.84. The molecule has 192 valence electrons. The highest BCUT2D eigenvalue weighted by Crippen LogP contribution is 2.21. The van der Waals surface area contributed by atoms with Crippen molar-refractivity contribution < 1.29 is 17.9 Å². The lowest BCUT2D eigenvalue weighted by Gasteiger charge is -2.34. The molecule has 1 fully saturated rings. The van der Waals surface area contributed by atoms with E-state index < -0.39 is 10.2 Å². The lowest BCUT2D eigenvalue weighted by molar-refractivity contribution is -0.131. The number of carbonyl (C=O) groups excluding carboxylic acids is 1. The Morgan fingerprint density at radius 3 is 2.08 bits per heavy atom. The van der Waals surface area contributed by atoms with Gasteiger partial charge >= 0.3 is 0 Å². The summed E-state index contributed by atoms with van der Waals surface area (Å²) in [5, 5.41) is 0. The number of nitrogens with one attached hydrogen (secondary N) is 2. The minimum absolute atomic E-state index is 0. The first-order valence-corrected chi connectivity index (χ1v) is 13.1. The Balaban J connectivity index is 0.00000361. The molecule has 1 saturated heterocycles. The van der Waals surface area contributed by atoms with Gasteiger partial charge in [-0.3, -0.25) is 9.69 Å². The summed E-state index contributed by atoms with van der Waals surface area (Å²) in [5.41, 5.74) is 1.98. The summed E-state index contributed by atoms with van der Waals surface area (Å²) in [4.78, 5) is 16.5. The van der Waals surface area contributed by atoms with Gasteiger partial charge in [-0.05, 0) is 35.4 Å². The van der Waals surface area contributed by atoms with Crippen LogP contribution in [-0.2, 0) is 28.1 Å². The van der Waals surface area contributed by atoms with Crippen molar-refractivity contribution in [2.75, 3.05) is 32.7 Å². The van der Waals surface area contributed by atoms with Crippen LogP contribution in [-0.4, -0.2) is 56.8 Å². The summed E-state index contributed by atoms with van der Waals surface area (Å²) in [5.74, 6) is 1.08. The van der Waals surface area contributed by atoms with Crippen molar-refractivity contribution in [1.82, 2.24) is 19.2 Å². The second-order valence-electron chi connectivity index (χ2n) is 8.35. The lowest BCUT2D eigenvalue weighted by atomic mass is 10.2. The number of nitrogens with zero attached hydrogens (tertiary/aromatic N) is 2. The predicted molar refractivity (Wildman–Crippen MR) is 142 cm³/mol. The summed E-state index contributed by atoms with van der Waals surface area (Å²) < 4.78 is 35.4. The average Bonchev–Trinajstić information content (AvgIpc) is 2.88. The smallest absolute Gasteiger partial charge is 0.277 e. The average molecular weight is 531 g/mol. The standard InChI is InChI=1S/C26H30N4O4S.ClH/c31-26(30-16-14-29(15-17-30)21-22-8-3-1-4-9-22)20-28-35(32,33)27-19-23-10-7-13-25(18-23)34-24-11-5-2-6-12-24;/h1-13,18,27-28H,14-17,19-21H2;1H. The number of hydrogen-bond donors (Lipinski definition) is 2. The van der Waals surface area contributed by atoms with Gasteiger partial charge in [0.1, 0.15) is 11.5 Å². The van der Waals surface area contributed by atoms with Crippen molar-refractivity contribution in [2.45, 2.75) is 13.1 Å². The van der Waals surface area contributed by atoms with Crippen molar-refractivity contribution in [3.63, 3.8) is 0 Å². The molecule has 0 spiro atoms. The van der Waals surface area contributed by atoms with Gasteiger partial charge in [0.15, 0.2) is 0 Å². The van der Waals surface area contributed by atoms with Crippen LogP contribution < -0.4 is 14.2 Å². The molecule has 0 saturated carbocycles. The van der Waals surface area contributed by atoms with E-state index in [1.54, 1.807) is 23.1 Å². The quantitative estimate of drug-likeness (QED) is 0.420. The summed E-state index contributed by atoms with van der Waals surface area (Å²) in [6.45, 7) is 3.32. The number of amides is 1. The van der Waals surface area contributed by atoms with Crippen LogP contribution >= 0.6 is 12.4 Å². The van der Waals surface area contributed by atoms with Crippen LogP contribution in [0.4, 0.5) is 0 Å². The van der Waals surface area contributed by atoms with Gasteiger partial charge in [0, 0.05) is 39.3 Å². The largest absolute Gasteiger partial charge is 0.457 e. The third kappa shape index (κ3) is 8.61. The Kier molecular flexibility index (Phi) is 10.3. The molecule has 0 radical (unpaired) electrons. The van der Waals surface area contributed by atoms with Crippen molar-refractivity contribution in [1.29, 1.82) is 0 Å². The number of piperazine rings is 1. The van der Waals surface area contributed by atoms with E-state index in [0.29, 0.717) is 24.6 Å². The third-order valence-corrected chi connectivity index (χ3v) is 6.78. The minimum Gasteiger partial charge on any atom is -0.457 e. The van der Waals surface area contributed by atoms with E-state index in [1.165, 1.54) is 5.56 Å². The molecule has 0 unspecified atom stereocenters. The van der Waals surface area contributed by atoms with E-state index in [-0.39, 0.29) is 31.4 Å². The number of benzene rings is 3. The molecule has 3 aromatic carbocycles. The molecule has 0 aliphatic carbocycles. The zero-order chi connectivity index (χ0) is 24.5. The van der Waals surface area contributed by atoms with E-state index in [2.05, 4.69) is 26.5 Å². The summed E-state index contributed by atoms with van der Waals surface area (Å²) in [7, 11) is -3.84. The van der Waals surface area contributed by atoms with Crippen LogP contribution in [0.15, 0.2) is 84.9 Å². The predicted octanol–water partition coefficient (Wildman–Crippen LogP) is 3.17. The van der Waals surface area contributed by atoms with Gasteiger partial charge in [-0.15, -0.1) is 12.4 Å². The second-order valence-corrected chi connectivity index (χ2v) is 9.93. The van der Waals surface area contributed by atoms with Crippen LogP contribution in [0.3, 0.4) is 0 Å². The Labute approximate surface area is 218 Å². The highest BCUT2D eigenvalue weighted by Gasteiger charge is 2.22. The Morgan fingerprint density at radius 2 is 1.39 bits per heavy atom. The van der Waals surface area contributed by atoms with E-state index in [9.17, 15) is 13.2 Å². The summed E-state index contributed by atoms with van der Waals surface area (Å²) >= 11 is 0. The molecular formula is C26H31ClN4O4S. The topological polar surface area (TPSA) is 91.0 Å². The van der Waals surface area contributed by atoms with Gasteiger partial charge in [-0.1, -0.05) is 60.7 Å². The number of para-hydroxylation sites is 1. The van der Waals surface area contributed by atoms with Crippen LogP contribution in [0.2, 0.25) is 0 Å². The first-order chi connectivity index (χ1) is 17.0. The SMILES string of the molecule is Cl.O=C(CNS(=O)(=O)NCc1cccc(Oc2ccccc2)c1)N1CCN(Cc2ccccc2)CC1. The Morgan fingerprint density at radius 1 is 0.778 bits per heavy atom. The van der Waals surface area contributed by atoms with Crippen LogP contribution in [0.25, 0.3) is 0 Å². The third-order valence-electron chi connectivity index (χ3n) is 5.73. The maximum Gasteiger partial charge on any atom is 0.277 e. The van der Waals surface area contributed by atoms with Gasteiger partial charge in [-0.2, -0.15) is 17.9 Å². The molecule has 1 amide bonds. The fraction of sp³-hybridized carbons (Fsp3) is 0.269. The zero-order valence-corrected chi connectivity index (χ0v) is 21.5. The van der Waals surface area contributed by atoms with Crippen LogP contribution in [0, 0.1) is 0 Å². The van der Waals surface area contributed by atoms with Gasteiger partial charge in [0.2, 0.25) is 5.91 Å². The van der Waals surface area contributed by atoms with E-state index in [0.717, 1.165) is 25.2 Å². The molecule has 1 heterocycles. The van der Waals surface area contributed by atoms with Gasteiger partial charge < -0.3 is 9.64 Å². The highest BCUT2D eigenvalue weighted by molar-refractivity contribution is 7.87. The van der Waals surface area contributed by atoms with Gasteiger partial charge in [0.25, 0.3) is 10.2 Å². The second kappa shape index (κ2) is 13.4. The molecule has 8 nitrogen and oxygen atoms in total. The molecule has 0 bridgehead atoms. The molecule has 0 atom stereocenters. The maximum absolute atomic E-state index is 12.5. The maximum atomic E-state index is 12.5. The Hall–Kier alpha value is -2.95. The van der Waals surface area contributed by atoms with Crippen molar-refractivity contribution in [3.05, 3.63) is 96.1 Å². The van der Waals surface area contributed by atoms with Gasteiger partial charge in [0.05, 0.1) is 6.54 Å².